The largest absolute Gasteiger partial charge is 0.497 e. The molecule has 0 bridgehead atoms. The maximum Gasteiger partial charge on any atom is 0.190 e. The van der Waals surface area contributed by atoms with E-state index in [0.29, 0.717) is 0 Å². The Morgan fingerprint density at radius 1 is 0.730 bits per heavy atom. The second-order valence-corrected chi connectivity index (χ2v) is 9.66. The van der Waals surface area contributed by atoms with Gasteiger partial charge in [-0.15, -0.1) is 0 Å². The number of methoxy groups -OCH3 is 3. The lowest BCUT2D eigenvalue weighted by molar-refractivity contribution is -0.225. The second kappa shape index (κ2) is 10.4. The Labute approximate surface area is 218 Å². The fraction of sp³-hybridized carbons (Fsp3) is 0.400. The number of rotatable bonds is 9. The van der Waals surface area contributed by atoms with Crippen LogP contribution in [-0.2, 0) is 29.3 Å². The van der Waals surface area contributed by atoms with E-state index in [4.69, 9.17) is 33.2 Å². The predicted molar refractivity (Wildman–Crippen MR) is 138 cm³/mol. The van der Waals surface area contributed by atoms with Crippen molar-refractivity contribution in [1.82, 2.24) is 0 Å². The summed E-state index contributed by atoms with van der Waals surface area (Å²) in [4.78, 5) is 0. The third-order valence-electron chi connectivity index (χ3n) is 7.00. The van der Waals surface area contributed by atoms with E-state index in [1.807, 2.05) is 80.6 Å². The normalized spacial score (nSPS) is 24.6. The Hall–Kier alpha value is -2.94. The van der Waals surface area contributed by atoms with Crippen LogP contribution in [0, 0.1) is 0 Å². The lowest BCUT2D eigenvalue weighted by Crippen LogP contribution is -2.41. The molecule has 0 saturated carbocycles. The first-order valence-corrected chi connectivity index (χ1v) is 12.4. The van der Waals surface area contributed by atoms with Crippen molar-refractivity contribution < 1.29 is 33.2 Å². The van der Waals surface area contributed by atoms with Crippen LogP contribution in [-0.4, -0.2) is 58.3 Å². The van der Waals surface area contributed by atoms with Gasteiger partial charge in [0.1, 0.15) is 35.4 Å². The van der Waals surface area contributed by atoms with E-state index in [2.05, 4.69) is 12.1 Å². The van der Waals surface area contributed by atoms with Gasteiger partial charge in [-0.3, -0.25) is 0 Å². The molecule has 0 aromatic heterocycles. The molecule has 7 heteroatoms. The molecular formula is C30H34O7. The van der Waals surface area contributed by atoms with Gasteiger partial charge in [0.25, 0.3) is 0 Å². The maximum absolute atomic E-state index is 6.97. The lowest BCUT2D eigenvalue weighted by Gasteiger charge is -2.37. The van der Waals surface area contributed by atoms with Gasteiger partial charge in [-0.1, -0.05) is 54.6 Å². The van der Waals surface area contributed by atoms with Crippen LogP contribution in [0.25, 0.3) is 0 Å². The maximum atomic E-state index is 6.97. The average Bonchev–Trinajstić information content (AvgIpc) is 3.40. The van der Waals surface area contributed by atoms with Crippen LogP contribution in [0.3, 0.4) is 0 Å². The zero-order valence-corrected chi connectivity index (χ0v) is 21.9. The molecule has 0 unspecified atom stereocenters. The highest BCUT2D eigenvalue weighted by Gasteiger charge is 2.55. The molecule has 2 aliphatic heterocycles. The molecule has 0 amide bonds. The molecule has 7 nitrogen and oxygen atoms in total. The van der Waals surface area contributed by atoms with Crippen LogP contribution < -0.4 is 9.47 Å². The average molecular weight is 507 g/mol. The van der Waals surface area contributed by atoms with Crippen molar-refractivity contribution in [3.05, 3.63) is 95.6 Å². The summed E-state index contributed by atoms with van der Waals surface area (Å²) in [7, 11) is 4.98. The molecule has 2 saturated heterocycles. The second-order valence-electron chi connectivity index (χ2n) is 9.66. The summed E-state index contributed by atoms with van der Waals surface area (Å²) in [6.07, 6.45) is -1.58. The van der Waals surface area contributed by atoms with Gasteiger partial charge in [-0.25, -0.2) is 0 Å². The number of benzene rings is 3. The lowest BCUT2D eigenvalue weighted by atomic mass is 9.80. The van der Waals surface area contributed by atoms with Crippen LogP contribution in [0.15, 0.2) is 78.9 Å². The summed E-state index contributed by atoms with van der Waals surface area (Å²) >= 11 is 0. The van der Waals surface area contributed by atoms with Crippen LogP contribution in [0.5, 0.6) is 11.5 Å². The minimum atomic E-state index is -0.944. The Morgan fingerprint density at radius 3 is 1.78 bits per heavy atom. The molecule has 0 radical (unpaired) electrons. The SMILES string of the molecule is COc1ccc(C(OC[C@H]2O[C@@H]3OC(C)(C)O[C@@H]3[C@H]2OC)(c2ccccc2)c2ccc(OC)cc2)cc1. The summed E-state index contributed by atoms with van der Waals surface area (Å²) < 4.78 is 42.0. The summed E-state index contributed by atoms with van der Waals surface area (Å²) in [5.41, 5.74) is 1.93. The van der Waals surface area contributed by atoms with Crippen LogP contribution in [0.1, 0.15) is 30.5 Å². The molecule has 5 rings (SSSR count). The number of hydrogen-bond acceptors (Lipinski definition) is 7. The predicted octanol–water partition coefficient (Wildman–Crippen LogP) is 4.90. The van der Waals surface area contributed by atoms with E-state index < -0.39 is 23.8 Å². The van der Waals surface area contributed by atoms with Gasteiger partial charge in [0, 0.05) is 7.11 Å². The van der Waals surface area contributed by atoms with E-state index in [9.17, 15) is 0 Å². The molecule has 0 aliphatic carbocycles. The van der Waals surface area contributed by atoms with E-state index in [1.165, 1.54) is 0 Å². The monoisotopic (exact) mass is 506 g/mol. The number of hydrogen-bond donors (Lipinski definition) is 0. The highest BCUT2D eigenvalue weighted by molar-refractivity contribution is 5.49. The molecule has 37 heavy (non-hydrogen) atoms. The minimum Gasteiger partial charge on any atom is -0.497 e. The van der Waals surface area contributed by atoms with E-state index >= 15 is 0 Å². The standard InChI is InChI=1S/C30H34O7/c1-29(2)36-27-26(33-5)25(35-28(27)37-29)19-34-30(20-9-7-6-8-10-20,21-11-15-23(31-3)16-12-21)22-13-17-24(32-4)18-14-22/h6-18,25-28H,19H2,1-5H3/t25-,26+,27-,28-/m1/s1. The first kappa shape index (κ1) is 25.7. The van der Waals surface area contributed by atoms with Crippen molar-refractivity contribution in [3.8, 4) is 11.5 Å². The molecule has 0 spiro atoms. The third-order valence-corrected chi connectivity index (χ3v) is 7.00. The molecule has 2 fully saturated rings. The van der Waals surface area contributed by atoms with Gasteiger partial charge in [-0.2, -0.15) is 0 Å². The Morgan fingerprint density at radius 2 is 1.27 bits per heavy atom. The molecule has 196 valence electrons. The minimum absolute atomic E-state index is 0.242. The number of ether oxygens (including phenoxy) is 7. The molecule has 2 aliphatic rings. The first-order chi connectivity index (χ1) is 17.9. The van der Waals surface area contributed by atoms with Crippen molar-refractivity contribution in [3.63, 3.8) is 0 Å². The van der Waals surface area contributed by atoms with Crippen molar-refractivity contribution in [2.75, 3.05) is 27.9 Å². The summed E-state index contributed by atoms with van der Waals surface area (Å²) in [5.74, 6) is 0.810. The zero-order valence-electron chi connectivity index (χ0n) is 21.9. The smallest absolute Gasteiger partial charge is 0.190 e. The summed E-state index contributed by atoms with van der Waals surface area (Å²) in [6, 6.07) is 26.1. The summed E-state index contributed by atoms with van der Waals surface area (Å²) in [5, 5.41) is 0. The van der Waals surface area contributed by atoms with Gasteiger partial charge in [0.15, 0.2) is 12.1 Å². The van der Waals surface area contributed by atoms with Gasteiger partial charge < -0.3 is 33.2 Å². The van der Waals surface area contributed by atoms with E-state index in [1.54, 1.807) is 21.3 Å². The van der Waals surface area contributed by atoms with Crippen molar-refractivity contribution in [1.29, 1.82) is 0 Å². The van der Waals surface area contributed by atoms with Crippen LogP contribution in [0.4, 0.5) is 0 Å². The van der Waals surface area contributed by atoms with Crippen molar-refractivity contribution in [2.24, 2.45) is 0 Å². The quantitative estimate of drug-likeness (QED) is 0.383. The van der Waals surface area contributed by atoms with Crippen LogP contribution in [0.2, 0.25) is 0 Å². The highest BCUT2D eigenvalue weighted by Crippen LogP contribution is 2.44. The highest BCUT2D eigenvalue weighted by atomic mass is 16.8. The van der Waals surface area contributed by atoms with Crippen molar-refractivity contribution >= 4 is 0 Å². The zero-order chi connectivity index (χ0) is 26.0. The van der Waals surface area contributed by atoms with Crippen LogP contribution >= 0.6 is 0 Å². The molecule has 0 N–H and O–H groups in total. The fourth-order valence-corrected chi connectivity index (χ4v) is 5.25. The first-order valence-electron chi connectivity index (χ1n) is 12.4. The number of fused-ring (bicyclic) bond motifs is 1. The Bertz CT molecular complexity index is 1110. The molecule has 3 aromatic carbocycles. The molecule has 2 heterocycles. The Balaban J connectivity index is 1.56. The Kier molecular flexibility index (Phi) is 7.25. The fourth-order valence-electron chi connectivity index (χ4n) is 5.25. The van der Waals surface area contributed by atoms with E-state index in [0.717, 1.165) is 28.2 Å². The van der Waals surface area contributed by atoms with Gasteiger partial charge >= 0.3 is 0 Å². The van der Waals surface area contributed by atoms with Gasteiger partial charge in [0.05, 0.1) is 20.8 Å². The molecule has 3 aromatic rings. The molecule has 4 atom stereocenters. The molecular weight excluding hydrogens is 472 g/mol. The van der Waals surface area contributed by atoms with E-state index in [-0.39, 0.29) is 18.8 Å². The van der Waals surface area contributed by atoms with Crippen molar-refractivity contribution in [2.45, 2.75) is 49.8 Å². The van der Waals surface area contributed by atoms with Gasteiger partial charge in [0.2, 0.25) is 0 Å². The summed E-state index contributed by atoms with van der Waals surface area (Å²) in [6.45, 7) is 3.99. The third kappa shape index (κ3) is 4.85. The van der Waals surface area contributed by atoms with Gasteiger partial charge in [-0.05, 0) is 54.8 Å². The topological polar surface area (TPSA) is 64.6 Å².